The summed E-state index contributed by atoms with van der Waals surface area (Å²) in [5.41, 5.74) is 4.09. The lowest BCUT2D eigenvalue weighted by Gasteiger charge is -2.35. The molecule has 1 amide bonds. The lowest BCUT2D eigenvalue weighted by atomic mass is 9.76. The van der Waals surface area contributed by atoms with Gasteiger partial charge in [0.2, 0.25) is 0 Å². The average molecular weight is 594 g/mol. The minimum absolute atomic E-state index is 0.175. The van der Waals surface area contributed by atoms with Gasteiger partial charge in [0, 0.05) is 23.7 Å². The monoisotopic (exact) mass is 593 g/mol. The molecular weight excluding hydrogens is 550 g/mol. The summed E-state index contributed by atoms with van der Waals surface area (Å²) in [5.74, 6) is -0.475. The molecule has 0 aliphatic carbocycles. The van der Waals surface area contributed by atoms with Gasteiger partial charge in [0.05, 0.1) is 23.7 Å². The molecule has 0 aliphatic rings. The minimum Gasteiger partial charge on any atom is -0.492 e. The first-order valence-electron chi connectivity index (χ1n) is 14.5. The van der Waals surface area contributed by atoms with Crippen LogP contribution in [0.3, 0.4) is 0 Å². The van der Waals surface area contributed by atoms with Crippen molar-refractivity contribution in [1.82, 2.24) is 15.2 Å². The second-order valence-electron chi connectivity index (χ2n) is 12.3. The van der Waals surface area contributed by atoms with Crippen LogP contribution in [-0.2, 0) is 4.79 Å². The number of ether oxygens (including phenoxy) is 1. The number of pyridine rings is 1. The Hall–Kier alpha value is -3.42. The number of rotatable bonds is 14. The summed E-state index contributed by atoms with van der Waals surface area (Å²) >= 11 is 6.50. The van der Waals surface area contributed by atoms with E-state index in [0.29, 0.717) is 29.0 Å². The predicted molar refractivity (Wildman–Crippen MR) is 170 cm³/mol. The normalized spacial score (nSPS) is 12.4. The van der Waals surface area contributed by atoms with Gasteiger partial charge in [-0.15, -0.1) is 0 Å². The van der Waals surface area contributed by atoms with E-state index in [0.717, 1.165) is 41.6 Å². The Labute approximate surface area is 255 Å². The number of aryl methyl sites for hydroxylation is 1. The quantitative estimate of drug-likeness (QED) is 0.190. The molecule has 0 aliphatic heterocycles. The van der Waals surface area contributed by atoms with Crippen molar-refractivity contribution in [2.75, 3.05) is 27.2 Å². The summed E-state index contributed by atoms with van der Waals surface area (Å²) < 4.78 is 6.03. The summed E-state index contributed by atoms with van der Waals surface area (Å²) in [6.45, 7) is 11.6. The van der Waals surface area contributed by atoms with Gasteiger partial charge in [-0.25, -0.2) is 4.98 Å². The van der Waals surface area contributed by atoms with E-state index in [9.17, 15) is 14.7 Å². The number of carbonyl (C=O) groups is 2. The first-order chi connectivity index (χ1) is 19.8. The van der Waals surface area contributed by atoms with Crippen LogP contribution in [-0.4, -0.2) is 60.2 Å². The van der Waals surface area contributed by atoms with Crippen molar-refractivity contribution < 1.29 is 19.4 Å². The van der Waals surface area contributed by atoms with Gasteiger partial charge in [0.15, 0.2) is 0 Å². The van der Waals surface area contributed by atoms with E-state index in [2.05, 4.69) is 24.1 Å². The third kappa shape index (κ3) is 9.04. The molecule has 8 heteroatoms. The van der Waals surface area contributed by atoms with Crippen LogP contribution in [0.4, 0.5) is 0 Å². The highest BCUT2D eigenvalue weighted by Crippen LogP contribution is 2.37. The van der Waals surface area contributed by atoms with Crippen LogP contribution in [0.2, 0.25) is 5.02 Å². The molecule has 2 N–H and O–H groups in total. The Bertz CT molecular complexity index is 1390. The highest BCUT2D eigenvalue weighted by atomic mass is 35.5. The molecule has 42 heavy (non-hydrogen) atoms. The van der Waals surface area contributed by atoms with E-state index in [1.54, 1.807) is 12.1 Å². The second-order valence-corrected chi connectivity index (χ2v) is 12.7. The Morgan fingerprint density at radius 3 is 2.43 bits per heavy atom. The van der Waals surface area contributed by atoms with Crippen molar-refractivity contribution in [3.8, 4) is 28.1 Å². The van der Waals surface area contributed by atoms with Gasteiger partial charge in [0.1, 0.15) is 11.4 Å². The maximum atomic E-state index is 13.6. The number of hydrogen-bond acceptors (Lipinski definition) is 5. The van der Waals surface area contributed by atoms with E-state index < -0.39 is 23.3 Å². The number of aliphatic carboxylic acids is 1. The number of halogens is 1. The molecule has 0 unspecified atom stereocenters. The van der Waals surface area contributed by atoms with Crippen LogP contribution in [0, 0.1) is 18.3 Å². The van der Waals surface area contributed by atoms with Crippen LogP contribution in [0.5, 0.6) is 5.75 Å². The standard InChI is InChI=1S/C34H44ClN3O4/c1-22(2)21-34(4,5)30(20-31(39)40)37-33(41)28-16-14-26(25-12-9-8-11-23(25)3)32(36-28)24-13-15-27(35)29(19-24)42-18-10-17-38(6)7/h8-9,11-16,19,22,30H,10,17-18,20-21H2,1-7H3,(H,37,41)(H,39,40)/t30-/m0/s1. The number of nitrogens with one attached hydrogen (secondary N) is 1. The largest absolute Gasteiger partial charge is 0.492 e. The first kappa shape index (κ1) is 33.1. The van der Waals surface area contributed by atoms with E-state index in [1.165, 1.54) is 0 Å². The molecule has 1 atom stereocenters. The fraction of sp³-hybridized carbons (Fsp3) is 0.441. The number of hydrogen-bond donors (Lipinski definition) is 2. The zero-order valence-corrected chi connectivity index (χ0v) is 26.6. The van der Waals surface area contributed by atoms with Gasteiger partial charge in [-0.3, -0.25) is 9.59 Å². The van der Waals surface area contributed by atoms with Crippen molar-refractivity contribution in [2.45, 2.75) is 59.9 Å². The predicted octanol–water partition coefficient (Wildman–Crippen LogP) is 7.35. The zero-order valence-electron chi connectivity index (χ0n) is 25.8. The van der Waals surface area contributed by atoms with Gasteiger partial charge in [0.25, 0.3) is 5.91 Å². The molecule has 1 heterocycles. The Balaban J connectivity index is 2.04. The molecular formula is C34H44ClN3O4. The summed E-state index contributed by atoms with van der Waals surface area (Å²) in [6, 6.07) is 16.6. The Morgan fingerprint density at radius 2 is 1.79 bits per heavy atom. The molecule has 226 valence electrons. The fourth-order valence-electron chi connectivity index (χ4n) is 5.35. The van der Waals surface area contributed by atoms with E-state index in [4.69, 9.17) is 21.3 Å². The Morgan fingerprint density at radius 1 is 1.07 bits per heavy atom. The van der Waals surface area contributed by atoms with Crippen LogP contribution < -0.4 is 10.1 Å². The molecule has 3 aromatic rings. The number of benzene rings is 2. The fourth-order valence-corrected chi connectivity index (χ4v) is 5.52. The van der Waals surface area contributed by atoms with Crippen molar-refractivity contribution in [1.29, 1.82) is 0 Å². The lowest BCUT2D eigenvalue weighted by Crippen LogP contribution is -2.47. The molecule has 0 radical (unpaired) electrons. The minimum atomic E-state index is -0.958. The molecule has 0 saturated carbocycles. The summed E-state index contributed by atoms with van der Waals surface area (Å²) in [7, 11) is 4.04. The van der Waals surface area contributed by atoms with Gasteiger partial charge in [-0.1, -0.05) is 69.6 Å². The zero-order chi connectivity index (χ0) is 31.0. The molecule has 0 fully saturated rings. The van der Waals surface area contributed by atoms with Crippen LogP contribution >= 0.6 is 11.6 Å². The third-order valence-electron chi connectivity index (χ3n) is 7.34. The van der Waals surface area contributed by atoms with Crippen LogP contribution in [0.1, 0.15) is 63.0 Å². The summed E-state index contributed by atoms with van der Waals surface area (Å²) in [6.07, 6.45) is 1.43. The van der Waals surface area contributed by atoms with Crippen molar-refractivity contribution in [3.05, 3.63) is 70.9 Å². The number of carbonyl (C=O) groups excluding carboxylic acids is 1. The summed E-state index contributed by atoms with van der Waals surface area (Å²) in [5, 5.41) is 13.1. The topological polar surface area (TPSA) is 91.8 Å². The summed E-state index contributed by atoms with van der Waals surface area (Å²) in [4.78, 5) is 32.3. The number of aromatic nitrogens is 1. The lowest BCUT2D eigenvalue weighted by molar-refractivity contribution is -0.138. The van der Waals surface area contributed by atoms with Gasteiger partial charge >= 0.3 is 5.97 Å². The van der Waals surface area contributed by atoms with Crippen molar-refractivity contribution in [2.24, 2.45) is 11.3 Å². The molecule has 3 rings (SSSR count). The highest BCUT2D eigenvalue weighted by Gasteiger charge is 2.34. The van der Waals surface area contributed by atoms with Gasteiger partial charge in [-0.2, -0.15) is 0 Å². The van der Waals surface area contributed by atoms with Gasteiger partial charge < -0.3 is 20.1 Å². The molecule has 0 saturated heterocycles. The molecule has 7 nitrogen and oxygen atoms in total. The smallest absolute Gasteiger partial charge is 0.305 e. The molecule has 0 spiro atoms. The van der Waals surface area contributed by atoms with E-state index in [1.807, 2.05) is 77.3 Å². The third-order valence-corrected chi connectivity index (χ3v) is 7.65. The van der Waals surface area contributed by atoms with E-state index >= 15 is 0 Å². The average Bonchev–Trinajstić information content (AvgIpc) is 2.90. The SMILES string of the molecule is Cc1ccccc1-c1ccc(C(=O)N[C@@H](CC(=O)O)C(C)(C)CC(C)C)nc1-c1ccc(Cl)c(OCCCN(C)C)c1. The highest BCUT2D eigenvalue weighted by molar-refractivity contribution is 6.32. The van der Waals surface area contributed by atoms with Gasteiger partial charge in [-0.05, 0) is 80.6 Å². The Kier molecular flexibility index (Phi) is 11.5. The second kappa shape index (κ2) is 14.7. The molecule has 2 aromatic carbocycles. The maximum Gasteiger partial charge on any atom is 0.305 e. The molecule has 1 aromatic heterocycles. The van der Waals surface area contributed by atoms with Crippen LogP contribution in [0.15, 0.2) is 54.6 Å². The first-order valence-corrected chi connectivity index (χ1v) is 14.8. The maximum absolute atomic E-state index is 13.6. The number of amides is 1. The van der Waals surface area contributed by atoms with Crippen molar-refractivity contribution >= 4 is 23.5 Å². The van der Waals surface area contributed by atoms with Crippen LogP contribution in [0.25, 0.3) is 22.4 Å². The molecule has 0 bridgehead atoms. The van der Waals surface area contributed by atoms with E-state index in [-0.39, 0.29) is 12.1 Å². The number of nitrogens with zero attached hydrogens (tertiary/aromatic N) is 2. The number of carboxylic acids is 1. The number of carboxylic acid groups (broad SMARTS) is 1. The van der Waals surface area contributed by atoms with Crippen molar-refractivity contribution in [3.63, 3.8) is 0 Å².